The molecule has 2 aromatic carbocycles. The molecule has 0 unspecified atom stereocenters. The van der Waals surface area contributed by atoms with E-state index in [-0.39, 0.29) is 60.5 Å². The van der Waals surface area contributed by atoms with Crippen LogP contribution in [0.3, 0.4) is 0 Å². The monoisotopic (exact) mass is 691 g/mol. The number of aromatic nitrogens is 4. The number of hydrogen-bond donors (Lipinski definition) is 2. The molecule has 48 heavy (non-hydrogen) atoms. The fraction of sp³-hybridized carbons (Fsp3) is 0.364. The third kappa shape index (κ3) is 5.40. The lowest BCUT2D eigenvalue weighted by Crippen LogP contribution is -2.49. The van der Waals surface area contributed by atoms with E-state index in [1.54, 1.807) is 24.2 Å². The number of ether oxygens (including phenoxy) is 2. The van der Waals surface area contributed by atoms with Crippen molar-refractivity contribution in [3.63, 3.8) is 0 Å². The Bertz CT molecular complexity index is 2110. The summed E-state index contributed by atoms with van der Waals surface area (Å²) in [6, 6.07) is 6.23. The van der Waals surface area contributed by atoms with E-state index in [1.807, 2.05) is 13.0 Å². The molecule has 15 heteroatoms. The van der Waals surface area contributed by atoms with Crippen LogP contribution in [0.1, 0.15) is 43.9 Å². The van der Waals surface area contributed by atoms with Gasteiger partial charge in [0.05, 0.1) is 34.0 Å². The van der Waals surface area contributed by atoms with Crippen molar-refractivity contribution in [1.82, 2.24) is 24.8 Å². The maximum absolute atomic E-state index is 17.0. The molecule has 11 nitrogen and oxygen atoms in total. The van der Waals surface area contributed by atoms with Gasteiger partial charge in [0.25, 0.3) is 0 Å². The third-order valence-corrected chi connectivity index (χ3v) is 10.7. The topological polar surface area (TPSA) is 152 Å². The second-order valence-electron chi connectivity index (χ2n) is 12.2. The first kappa shape index (κ1) is 32.1. The summed E-state index contributed by atoms with van der Waals surface area (Å²) >= 11 is 7.76. The molecule has 3 aromatic heterocycles. The van der Waals surface area contributed by atoms with Crippen LogP contribution in [0.2, 0.25) is 5.02 Å². The Morgan fingerprint density at radius 1 is 1.27 bits per heavy atom. The van der Waals surface area contributed by atoms with Crippen LogP contribution >= 0.6 is 22.9 Å². The van der Waals surface area contributed by atoms with Crippen molar-refractivity contribution < 1.29 is 18.3 Å². The predicted molar refractivity (Wildman–Crippen MR) is 182 cm³/mol. The summed E-state index contributed by atoms with van der Waals surface area (Å²) < 4.78 is 44.1. The van der Waals surface area contributed by atoms with Gasteiger partial charge in [0.15, 0.2) is 5.82 Å². The molecule has 4 N–H and O–H groups in total. The maximum Gasteiger partial charge on any atom is 0.319 e. The molecule has 2 fully saturated rings. The van der Waals surface area contributed by atoms with Gasteiger partial charge in [-0.15, -0.1) is 11.3 Å². The largest absolute Gasteiger partial charge is 0.462 e. The number of morpholine rings is 1. The van der Waals surface area contributed by atoms with Crippen LogP contribution in [0.25, 0.3) is 32.1 Å². The maximum atomic E-state index is 17.0. The van der Waals surface area contributed by atoms with Gasteiger partial charge in [-0.3, -0.25) is 4.90 Å². The van der Waals surface area contributed by atoms with Gasteiger partial charge in [0.2, 0.25) is 0 Å². The Balaban J connectivity index is 1.37. The molecule has 5 aromatic rings. The summed E-state index contributed by atoms with van der Waals surface area (Å²) in [7, 11) is 1.79. The number of nitrogens with zero attached hydrogens (tertiary/aromatic N) is 7. The van der Waals surface area contributed by atoms with Crippen LogP contribution in [0.5, 0.6) is 6.01 Å². The molecule has 2 saturated heterocycles. The van der Waals surface area contributed by atoms with Gasteiger partial charge in [-0.2, -0.15) is 15.2 Å². The Morgan fingerprint density at radius 3 is 2.85 bits per heavy atom. The number of thiophene rings is 1. The average Bonchev–Trinajstić information content (AvgIpc) is 3.64. The number of rotatable bonds is 7. The highest BCUT2D eigenvalue weighted by Gasteiger charge is 2.38. The van der Waals surface area contributed by atoms with Crippen LogP contribution < -0.4 is 21.1 Å². The van der Waals surface area contributed by atoms with Crippen LogP contribution in [0.15, 0.2) is 30.7 Å². The smallest absolute Gasteiger partial charge is 0.319 e. The normalized spacial score (nSPS) is 20.1. The lowest BCUT2D eigenvalue weighted by Gasteiger charge is -2.37. The Morgan fingerprint density at radius 2 is 2.08 bits per heavy atom. The second kappa shape index (κ2) is 12.6. The van der Waals surface area contributed by atoms with Crippen molar-refractivity contribution >= 4 is 60.6 Å². The van der Waals surface area contributed by atoms with E-state index in [1.165, 1.54) is 18.5 Å². The van der Waals surface area contributed by atoms with E-state index < -0.39 is 17.7 Å². The fourth-order valence-corrected chi connectivity index (χ4v) is 8.02. The van der Waals surface area contributed by atoms with E-state index >= 15 is 4.39 Å². The molecule has 0 spiro atoms. The number of nitrogens with two attached hydrogens (primary N) is 2. The molecule has 0 amide bonds. The summed E-state index contributed by atoms with van der Waals surface area (Å²) in [4.78, 5) is 21.8. The van der Waals surface area contributed by atoms with Gasteiger partial charge in [0.1, 0.15) is 47.0 Å². The van der Waals surface area contributed by atoms with E-state index in [2.05, 4.69) is 26.8 Å². The summed E-state index contributed by atoms with van der Waals surface area (Å²) in [5.41, 5.74) is 13.1. The van der Waals surface area contributed by atoms with Crippen molar-refractivity contribution in [3.05, 3.63) is 58.5 Å². The molecule has 0 bridgehead atoms. The molecule has 5 heterocycles. The summed E-state index contributed by atoms with van der Waals surface area (Å²) in [6.45, 7) is 5.72. The van der Waals surface area contributed by atoms with Crippen molar-refractivity contribution in [2.75, 3.05) is 43.2 Å². The molecule has 0 radical (unpaired) electrons. The number of fused-ring (bicyclic) bond motifs is 3. The molecular weight excluding hydrogens is 660 g/mol. The third-order valence-electron chi connectivity index (χ3n) is 9.40. The molecule has 7 rings (SSSR count). The quantitative estimate of drug-likeness (QED) is 0.204. The van der Waals surface area contributed by atoms with E-state index in [4.69, 9.17) is 37.5 Å². The summed E-state index contributed by atoms with van der Waals surface area (Å²) in [5, 5.41) is 10.5. The van der Waals surface area contributed by atoms with Crippen molar-refractivity contribution in [2.24, 2.45) is 0 Å². The predicted octanol–water partition coefficient (Wildman–Crippen LogP) is 6.10. The van der Waals surface area contributed by atoms with Crippen molar-refractivity contribution in [3.8, 4) is 23.2 Å². The molecule has 2 aliphatic heterocycles. The van der Waals surface area contributed by atoms with Crippen LogP contribution in [0, 0.1) is 23.0 Å². The lowest BCUT2D eigenvalue weighted by molar-refractivity contribution is -0.0556. The van der Waals surface area contributed by atoms with Crippen LogP contribution in [0.4, 0.5) is 25.4 Å². The minimum Gasteiger partial charge on any atom is -0.462 e. The highest BCUT2D eigenvalue weighted by Crippen LogP contribution is 2.46. The van der Waals surface area contributed by atoms with Gasteiger partial charge in [-0.1, -0.05) is 17.7 Å². The average molecular weight is 692 g/mol. The fourth-order valence-electron chi connectivity index (χ4n) is 6.78. The van der Waals surface area contributed by atoms with E-state index in [0.717, 1.165) is 30.7 Å². The summed E-state index contributed by atoms with van der Waals surface area (Å²) in [5.74, 6) is -0.721. The summed E-state index contributed by atoms with van der Waals surface area (Å²) in [6.07, 6.45) is 5.01. The zero-order chi connectivity index (χ0) is 33.9. The number of benzene rings is 2. The van der Waals surface area contributed by atoms with Gasteiger partial charge in [-0.25, -0.2) is 18.7 Å². The molecule has 2 aliphatic rings. The first-order valence-corrected chi connectivity index (χ1v) is 16.7. The van der Waals surface area contributed by atoms with E-state index in [9.17, 15) is 9.65 Å². The first-order chi connectivity index (χ1) is 23.1. The minimum atomic E-state index is -0.779. The van der Waals surface area contributed by atoms with E-state index in [0.29, 0.717) is 41.8 Å². The highest BCUT2D eigenvalue weighted by molar-refractivity contribution is 7.23. The molecule has 248 valence electrons. The molecule has 4 atom stereocenters. The van der Waals surface area contributed by atoms with Gasteiger partial charge in [-0.05, 0) is 44.4 Å². The molecular formula is C33H32ClF2N9O2S. The number of hydrogen-bond acceptors (Lipinski definition) is 12. The van der Waals surface area contributed by atoms with Gasteiger partial charge in [0, 0.05) is 53.8 Å². The SMILES string of the molecule is C[C@@H]1CN2[C@@H](COc3nc(N(C)[C@H](C)c4cncnc4N)c4cc(Cl)c(-c5ccc(F)c6sc(N)c(C#N)c56)c(F)c4n3)CC[C@H]2CO1. The lowest BCUT2D eigenvalue weighted by atomic mass is 9.97. The standard InChI is InChI=1S/C33H32ClF2N9O2S/c1-15-11-45-17(12-46-15)4-5-18(45)13-47-33-42-28-20(32(43-33)44(3)16(2)22-10-40-14-41-30(22)38)8-23(34)26(27(28)36)19-6-7-24(35)29-25(19)21(9-37)31(39)48-29/h6-8,10,14-18H,4-5,11-13,39H2,1-3H3,(H2,38,40,41)/t15-,16-,17+,18-/m1/s1. The van der Waals surface area contributed by atoms with Crippen molar-refractivity contribution in [1.29, 1.82) is 5.26 Å². The minimum absolute atomic E-state index is 0.0159. The molecule has 0 saturated carbocycles. The van der Waals surface area contributed by atoms with Gasteiger partial charge >= 0.3 is 6.01 Å². The number of nitriles is 1. The van der Waals surface area contributed by atoms with Crippen LogP contribution in [-0.2, 0) is 4.74 Å². The number of anilines is 3. The Labute approximate surface area is 284 Å². The first-order valence-electron chi connectivity index (χ1n) is 15.5. The molecule has 0 aliphatic carbocycles. The number of nitrogen functional groups attached to an aromatic ring is 2. The Hall–Kier alpha value is -4.42. The highest BCUT2D eigenvalue weighted by atomic mass is 35.5. The second-order valence-corrected chi connectivity index (χ2v) is 13.7. The van der Waals surface area contributed by atoms with Crippen LogP contribution in [-0.4, -0.2) is 69.8 Å². The van der Waals surface area contributed by atoms with Gasteiger partial charge < -0.3 is 25.8 Å². The zero-order valence-corrected chi connectivity index (χ0v) is 27.9. The Kier molecular flexibility index (Phi) is 8.41. The zero-order valence-electron chi connectivity index (χ0n) is 26.4. The van der Waals surface area contributed by atoms with Crippen molar-refractivity contribution in [2.45, 2.75) is 50.9 Å². The number of halogens is 3.